The van der Waals surface area contributed by atoms with Gasteiger partial charge in [0, 0.05) is 18.7 Å². The van der Waals surface area contributed by atoms with E-state index in [0.29, 0.717) is 33.1 Å². The number of carbonyl (C=O) groups excluding carboxylic acids is 2. The van der Waals surface area contributed by atoms with Gasteiger partial charge in [-0.2, -0.15) is 0 Å². The summed E-state index contributed by atoms with van der Waals surface area (Å²) in [6.07, 6.45) is 2.13. The molecule has 3 rings (SSSR count). The van der Waals surface area contributed by atoms with Crippen LogP contribution in [0.1, 0.15) is 23.2 Å². The number of ether oxygens (including phenoxy) is 3. The first-order valence-corrected chi connectivity index (χ1v) is 10.8. The van der Waals surface area contributed by atoms with Crippen LogP contribution < -0.4 is 20.1 Å². The predicted molar refractivity (Wildman–Crippen MR) is 110 cm³/mol. The lowest BCUT2D eigenvalue weighted by molar-refractivity contribution is -0.119. The molecular formula is C18H22N4O5S2. The van der Waals surface area contributed by atoms with E-state index in [1.54, 1.807) is 18.2 Å². The molecule has 2 heterocycles. The van der Waals surface area contributed by atoms with E-state index in [1.807, 2.05) is 0 Å². The second kappa shape index (κ2) is 10.4. The third-order valence-corrected chi connectivity index (χ3v) is 6.12. The van der Waals surface area contributed by atoms with E-state index in [1.165, 1.54) is 37.3 Å². The summed E-state index contributed by atoms with van der Waals surface area (Å²) in [7, 11) is 3.03. The van der Waals surface area contributed by atoms with Crippen LogP contribution in [-0.2, 0) is 9.53 Å². The van der Waals surface area contributed by atoms with Gasteiger partial charge in [0.05, 0.1) is 26.1 Å². The largest absolute Gasteiger partial charge is 0.493 e. The zero-order chi connectivity index (χ0) is 20.6. The Bertz CT molecular complexity index is 855. The fraction of sp³-hybridized carbons (Fsp3) is 0.444. The van der Waals surface area contributed by atoms with E-state index in [-0.39, 0.29) is 23.7 Å². The van der Waals surface area contributed by atoms with E-state index >= 15 is 0 Å². The van der Waals surface area contributed by atoms with Gasteiger partial charge in [-0.05, 0) is 31.0 Å². The van der Waals surface area contributed by atoms with E-state index in [0.717, 1.165) is 19.4 Å². The highest BCUT2D eigenvalue weighted by molar-refractivity contribution is 8.01. The van der Waals surface area contributed by atoms with Crippen molar-refractivity contribution in [3.05, 3.63) is 23.8 Å². The number of rotatable bonds is 9. The summed E-state index contributed by atoms with van der Waals surface area (Å²) in [6, 6.07) is 4.87. The third kappa shape index (κ3) is 6.05. The molecule has 9 nitrogen and oxygen atoms in total. The molecule has 0 spiro atoms. The molecule has 1 fully saturated rings. The average molecular weight is 439 g/mol. The summed E-state index contributed by atoms with van der Waals surface area (Å²) in [5.41, 5.74) is 0.403. The van der Waals surface area contributed by atoms with E-state index in [9.17, 15) is 9.59 Å². The van der Waals surface area contributed by atoms with E-state index in [4.69, 9.17) is 14.2 Å². The predicted octanol–water partition coefficient (Wildman–Crippen LogP) is 2.19. The first-order valence-electron chi connectivity index (χ1n) is 8.97. The SMILES string of the molecule is COc1ccc(C(=O)Nc2nnc(SCC(=O)NC[C@H]3CCCO3)s2)cc1OC. The van der Waals surface area contributed by atoms with E-state index in [2.05, 4.69) is 20.8 Å². The molecule has 0 radical (unpaired) electrons. The number of nitrogens with zero attached hydrogens (tertiary/aromatic N) is 2. The van der Waals surface area contributed by atoms with Gasteiger partial charge in [-0.3, -0.25) is 14.9 Å². The smallest absolute Gasteiger partial charge is 0.257 e. The number of benzene rings is 1. The minimum absolute atomic E-state index is 0.0865. The van der Waals surface area contributed by atoms with Gasteiger partial charge < -0.3 is 19.5 Å². The van der Waals surface area contributed by atoms with Crippen LogP contribution in [0.4, 0.5) is 5.13 Å². The van der Waals surface area contributed by atoms with Gasteiger partial charge in [-0.15, -0.1) is 10.2 Å². The lowest BCUT2D eigenvalue weighted by Crippen LogP contribution is -2.32. The molecule has 1 atom stereocenters. The normalized spacial score (nSPS) is 15.7. The molecule has 11 heteroatoms. The quantitative estimate of drug-likeness (QED) is 0.453. The standard InChI is InChI=1S/C18H22N4O5S2/c1-25-13-6-5-11(8-14(13)26-2)16(24)20-17-21-22-18(29-17)28-10-15(23)19-9-12-4-3-7-27-12/h5-6,8,12H,3-4,7,9-10H2,1-2H3,(H,19,23)(H,20,21,24)/t12-/m1/s1. The lowest BCUT2D eigenvalue weighted by atomic mass is 10.2. The van der Waals surface area contributed by atoms with Crippen molar-refractivity contribution in [2.24, 2.45) is 0 Å². The second-order valence-corrected chi connectivity index (χ2v) is 8.32. The molecule has 2 N–H and O–H groups in total. The Morgan fingerprint density at radius 1 is 1.28 bits per heavy atom. The van der Waals surface area contributed by atoms with Gasteiger partial charge in [-0.25, -0.2) is 0 Å². The lowest BCUT2D eigenvalue weighted by Gasteiger charge is -2.09. The minimum Gasteiger partial charge on any atom is -0.493 e. The second-order valence-electron chi connectivity index (χ2n) is 6.12. The van der Waals surface area contributed by atoms with Crippen LogP contribution in [-0.4, -0.2) is 61.2 Å². The van der Waals surface area contributed by atoms with Crippen LogP contribution in [0.25, 0.3) is 0 Å². The summed E-state index contributed by atoms with van der Waals surface area (Å²) in [5, 5.41) is 13.9. The zero-order valence-electron chi connectivity index (χ0n) is 16.1. The van der Waals surface area contributed by atoms with Crippen molar-refractivity contribution in [2.45, 2.75) is 23.3 Å². The van der Waals surface area contributed by atoms with Gasteiger partial charge in [0.1, 0.15) is 0 Å². The van der Waals surface area contributed by atoms with Gasteiger partial charge >= 0.3 is 0 Å². The average Bonchev–Trinajstić information content (AvgIpc) is 3.42. The maximum atomic E-state index is 12.4. The Hall–Kier alpha value is -2.37. The highest BCUT2D eigenvalue weighted by atomic mass is 32.2. The molecular weight excluding hydrogens is 416 g/mol. The maximum Gasteiger partial charge on any atom is 0.257 e. The monoisotopic (exact) mass is 438 g/mol. The van der Waals surface area contributed by atoms with Crippen LogP contribution in [0.2, 0.25) is 0 Å². The van der Waals surface area contributed by atoms with Crippen LogP contribution in [0.5, 0.6) is 11.5 Å². The number of amides is 2. The molecule has 156 valence electrons. The molecule has 29 heavy (non-hydrogen) atoms. The van der Waals surface area contributed by atoms with Crippen LogP contribution >= 0.6 is 23.1 Å². The van der Waals surface area contributed by atoms with Crippen molar-refractivity contribution in [3.8, 4) is 11.5 Å². The van der Waals surface area contributed by atoms with Crippen molar-refractivity contribution in [3.63, 3.8) is 0 Å². The highest BCUT2D eigenvalue weighted by Crippen LogP contribution is 2.29. The molecule has 1 aliphatic heterocycles. The highest BCUT2D eigenvalue weighted by Gasteiger charge is 2.17. The van der Waals surface area contributed by atoms with Crippen molar-refractivity contribution >= 4 is 40.0 Å². The summed E-state index contributed by atoms with van der Waals surface area (Å²) < 4.78 is 16.4. The number of nitrogens with one attached hydrogen (secondary N) is 2. The first kappa shape index (κ1) is 21.3. The van der Waals surface area contributed by atoms with Crippen molar-refractivity contribution in [1.82, 2.24) is 15.5 Å². The number of hydrogen-bond acceptors (Lipinski definition) is 9. The Labute approximate surface area is 176 Å². The first-order chi connectivity index (χ1) is 14.1. The van der Waals surface area contributed by atoms with E-state index < -0.39 is 0 Å². The topological polar surface area (TPSA) is 112 Å². The molecule has 1 aliphatic rings. The fourth-order valence-corrected chi connectivity index (χ4v) is 4.25. The molecule has 0 bridgehead atoms. The molecule has 1 saturated heterocycles. The number of methoxy groups -OCH3 is 2. The summed E-state index contributed by atoms with van der Waals surface area (Å²) in [5.74, 6) is 0.800. The number of aromatic nitrogens is 2. The molecule has 0 saturated carbocycles. The molecule has 0 aliphatic carbocycles. The van der Waals surface area contributed by atoms with Crippen LogP contribution in [0.3, 0.4) is 0 Å². The van der Waals surface area contributed by atoms with Gasteiger partial charge in [-0.1, -0.05) is 23.1 Å². The fourth-order valence-electron chi connectivity index (χ4n) is 2.68. The maximum absolute atomic E-state index is 12.4. The van der Waals surface area contributed by atoms with Gasteiger partial charge in [0.15, 0.2) is 15.8 Å². The Morgan fingerprint density at radius 2 is 2.10 bits per heavy atom. The van der Waals surface area contributed by atoms with Crippen molar-refractivity contribution in [2.75, 3.05) is 38.4 Å². The Kier molecular flexibility index (Phi) is 7.67. The number of anilines is 1. The summed E-state index contributed by atoms with van der Waals surface area (Å²) in [4.78, 5) is 24.3. The Balaban J connectivity index is 1.48. The van der Waals surface area contributed by atoms with Crippen LogP contribution in [0, 0.1) is 0 Å². The summed E-state index contributed by atoms with van der Waals surface area (Å²) >= 11 is 2.48. The minimum atomic E-state index is -0.340. The molecule has 1 aromatic carbocycles. The number of hydrogen-bond donors (Lipinski definition) is 2. The van der Waals surface area contributed by atoms with Gasteiger partial charge in [0.2, 0.25) is 11.0 Å². The number of carbonyl (C=O) groups is 2. The Morgan fingerprint density at radius 3 is 2.83 bits per heavy atom. The van der Waals surface area contributed by atoms with Crippen molar-refractivity contribution < 1.29 is 23.8 Å². The molecule has 2 amide bonds. The summed E-state index contributed by atoms with van der Waals surface area (Å²) in [6.45, 7) is 1.29. The molecule has 2 aromatic rings. The molecule has 0 unspecified atom stereocenters. The molecule has 1 aromatic heterocycles. The van der Waals surface area contributed by atoms with Crippen molar-refractivity contribution in [1.29, 1.82) is 0 Å². The van der Waals surface area contributed by atoms with Gasteiger partial charge in [0.25, 0.3) is 5.91 Å². The number of thioether (sulfide) groups is 1. The third-order valence-electron chi connectivity index (χ3n) is 4.15. The zero-order valence-corrected chi connectivity index (χ0v) is 17.7. The van der Waals surface area contributed by atoms with Crippen LogP contribution in [0.15, 0.2) is 22.5 Å².